The summed E-state index contributed by atoms with van der Waals surface area (Å²) in [7, 11) is 1.36. The maximum absolute atomic E-state index is 10.8. The van der Waals surface area contributed by atoms with E-state index < -0.39 is 0 Å². The first-order valence-electron chi connectivity index (χ1n) is 7.37. The van der Waals surface area contributed by atoms with Crippen LogP contribution in [0.2, 0.25) is 0 Å². The molecular weight excluding hydrogens is 258 g/mol. The Kier molecular flexibility index (Phi) is 12.5. The van der Waals surface area contributed by atoms with Crippen molar-refractivity contribution in [3.63, 3.8) is 0 Å². The average Bonchev–Trinajstić information content (AvgIpc) is 2.44. The number of carbonyl (C=O) groups is 1. The summed E-state index contributed by atoms with van der Waals surface area (Å²) in [5, 5.41) is 12.4. The van der Waals surface area contributed by atoms with Crippen LogP contribution in [0.25, 0.3) is 0 Å². The van der Waals surface area contributed by atoms with Crippen molar-refractivity contribution in [2.45, 2.75) is 45.4 Å². The smallest absolute Gasteiger partial charge is 0.406 e. The monoisotopic (exact) mass is 289 g/mol. The minimum Gasteiger partial charge on any atom is -0.453 e. The van der Waals surface area contributed by atoms with Gasteiger partial charge in [0, 0.05) is 12.6 Å². The van der Waals surface area contributed by atoms with Crippen LogP contribution < -0.4 is 27.0 Å². The summed E-state index contributed by atoms with van der Waals surface area (Å²) in [6, 6.07) is 0.416. The third kappa shape index (κ3) is 12.2. The van der Waals surface area contributed by atoms with Crippen LogP contribution in [-0.4, -0.2) is 51.7 Å². The highest BCUT2D eigenvalue weighted by molar-refractivity contribution is 5.66. The van der Waals surface area contributed by atoms with Gasteiger partial charge in [0.2, 0.25) is 0 Å². The van der Waals surface area contributed by atoms with E-state index in [1.807, 2.05) is 0 Å². The zero-order chi connectivity index (χ0) is 15.2. The minimum absolute atomic E-state index is 0.133. The Morgan fingerprint density at radius 1 is 1.15 bits per heavy atom. The van der Waals surface area contributed by atoms with Crippen LogP contribution in [-0.2, 0) is 4.74 Å². The molecule has 0 saturated carbocycles. The average molecular weight is 289 g/mol. The molecule has 0 rings (SSSR count). The molecule has 0 aliphatic carbocycles. The Bertz CT molecular complexity index is 241. The maximum Gasteiger partial charge on any atom is 0.406 e. The van der Waals surface area contributed by atoms with Gasteiger partial charge in [-0.05, 0) is 45.8 Å². The Balaban J connectivity index is 3.36. The minimum atomic E-state index is -0.379. The molecule has 0 fully saturated rings. The largest absolute Gasteiger partial charge is 0.453 e. The van der Waals surface area contributed by atoms with E-state index in [1.54, 1.807) is 0 Å². The molecule has 120 valence electrons. The van der Waals surface area contributed by atoms with E-state index in [2.05, 4.69) is 39.9 Å². The summed E-state index contributed by atoms with van der Waals surface area (Å²) in [6.45, 7) is 7.53. The second kappa shape index (κ2) is 13.1. The summed E-state index contributed by atoms with van der Waals surface area (Å²) in [4.78, 5) is 10.8. The molecule has 0 saturated heterocycles. The van der Waals surface area contributed by atoms with Crippen molar-refractivity contribution in [3.05, 3.63) is 0 Å². The summed E-state index contributed by atoms with van der Waals surface area (Å²) >= 11 is 0. The van der Waals surface area contributed by atoms with Gasteiger partial charge < -0.3 is 21.1 Å². The molecule has 0 aliphatic heterocycles. The summed E-state index contributed by atoms with van der Waals surface area (Å²) in [5.74, 6) is 0. The van der Waals surface area contributed by atoms with Gasteiger partial charge in [0.15, 0.2) is 0 Å². The number of hydrogen-bond donors (Lipinski definition) is 5. The van der Waals surface area contributed by atoms with E-state index in [1.165, 1.54) is 7.11 Å². The predicted molar refractivity (Wildman–Crippen MR) is 81.4 cm³/mol. The Morgan fingerprint density at radius 3 is 2.50 bits per heavy atom. The fraction of sp³-hybridized carbons (Fsp3) is 0.923. The van der Waals surface area contributed by atoms with Gasteiger partial charge in [0.05, 0.1) is 7.11 Å². The lowest BCUT2D eigenvalue weighted by Crippen LogP contribution is -2.50. The van der Waals surface area contributed by atoms with Crippen molar-refractivity contribution >= 4 is 6.09 Å². The second-order valence-electron chi connectivity index (χ2n) is 4.80. The molecule has 0 heterocycles. The first kappa shape index (κ1) is 19.1. The maximum atomic E-state index is 10.8. The van der Waals surface area contributed by atoms with Crippen molar-refractivity contribution in [1.82, 2.24) is 21.3 Å². The predicted octanol–water partition coefficient (Wildman–Crippen LogP) is -0.0678. The molecule has 0 bridgehead atoms. The molecule has 20 heavy (non-hydrogen) atoms. The molecule has 0 radical (unpaired) electrons. The standard InChI is InChI=1S/C13H31N5O2/c1-4-7-16-12(14)17-10-6-11(2)15-8-5-9-18-13(19)20-3/h11-12,15-17H,4-10,14H2,1-3H3,(H,18,19). The van der Waals surface area contributed by atoms with Gasteiger partial charge in [0.1, 0.15) is 6.29 Å². The highest BCUT2D eigenvalue weighted by Gasteiger charge is 2.03. The van der Waals surface area contributed by atoms with Crippen molar-refractivity contribution in [2.24, 2.45) is 5.73 Å². The number of hydrogen-bond acceptors (Lipinski definition) is 6. The van der Waals surface area contributed by atoms with E-state index in [9.17, 15) is 4.79 Å². The Morgan fingerprint density at radius 2 is 1.85 bits per heavy atom. The van der Waals surface area contributed by atoms with Gasteiger partial charge in [-0.25, -0.2) is 4.79 Å². The Hall–Kier alpha value is -0.890. The number of ether oxygens (including phenoxy) is 1. The number of alkyl carbamates (subject to hydrolysis) is 1. The Labute approximate surface area is 122 Å². The second-order valence-corrected chi connectivity index (χ2v) is 4.80. The summed E-state index contributed by atoms with van der Waals surface area (Å²) < 4.78 is 4.48. The van der Waals surface area contributed by atoms with E-state index in [-0.39, 0.29) is 12.4 Å². The van der Waals surface area contributed by atoms with Crippen molar-refractivity contribution < 1.29 is 9.53 Å². The lowest BCUT2D eigenvalue weighted by molar-refractivity contribution is 0.171. The summed E-state index contributed by atoms with van der Waals surface area (Å²) in [6.07, 6.45) is 2.45. The van der Waals surface area contributed by atoms with Gasteiger partial charge >= 0.3 is 6.09 Å². The summed E-state index contributed by atoms with van der Waals surface area (Å²) in [5.41, 5.74) is 5.83. The van der Waals surface area contributed by atoms with Crippen molar-refractivity contribution in [2.75, 3.05) is 33.3 Å². The van der Waals surface area contributed by atoms with Crippen molar-refractivity contribution in [1.29, 1.82) is 0 Å². The first-order chi connectivity index (χ1) is 9.60. The number of nitrogens with one attached hydrogen (secondary N) is 4. The molecule has 6 N–H and O–H groups in total. The quantitative estimate of drug-likeness (QED) is 0.255. The topological polar surface area (TPSA) is 100 Å². The number of carbonyl (C=O) groups excluding carboxylic acids is 1. The highest BCUT2D eigenvalue weighted by atomic mass is 16.5. The third-order valence-electron chi connectivity index (χ3n) is 2.86. The molecular formula is C13H31N5O2. The zero-order valence-corrected chi connectivity index (χ0v) is 13.0. The van der Waals surface area contributed by atoms with Gasteiger partial charge in [-0.15, -0.1) is 0 Å². The SMILES string of the molecule is CCCNC(N)NCCC(C)NCCCNC(=O)OC. The van der Waals surface area contributed by atoms with Crippen LogP contribution >= 0.6 is 0 Å². The van der Waals surface area contributed by atoms with Crippen LogP contribution in [0, 0.1) is 0 Å². The molecule has 7 nitrogen and oxygen atoms in total. The van der Waals surface area contributed by atoms with Crippen molar-refractivity contribution in [3.8, 4) is 0 Å². The van der Waals surface area contributed by atoms with Crippen LogP contribution in [0.15, 0.2) is 0 Å². The first-order valence-corrected chi connectivity index (χ1v) is 7.37. The zero-order valence-electron chi connectivity index (χ0n) is 13.0. The fourth-order valence-electron chi connectivity index (χ4n) is 1.63. The van der Waals surface area contributed by atoms with Crippen LogP contribution in [0.3, 0.4) is 0 Å². The van der Waals surface area contributed by atoms with Gasteiger partial charge in [0.25, 0.3) is 0 Å². The molecule has 0 aliphatic rings. The van der Waals surface area contributed by atoms with E-state index in [0.717, 1.165) is 38.9 Å². The van der Waals surface area contributed by atoms with Crippen LogP contribution in [0.5, 0.6) is 0 Å². The van der Waals surface area contributed by atoms with Gasteiger partial charge in [-0.3, -0.25) is 10.6 Å². The fourth-order valence-corrected chi connectivity index (χ4v) is 1.63. The number of nitrogens with two attached hydrogens (primary N) is 1. The molecule has 2 atom stereocenters. The molecule has 7 heteroatoms. The van der Waals surface area contributed by atoms with E-state index in [4.69, 9.17) is 5.73 Å². The highest BCUT2D eigenvalue weighted by Crippen LogP contribution is 1.89. The number of rotatable bonds is 12. The normalized spacial score (nSPS) is 13.8. The molecule has 0 aromatic heterocycles. The molecule has 0 aromatic carbocycles. The molecule has 0 aromatic rings. The van der Waals surface area contributed by atoms with Gasteiger partial charge in [-0.1, -0.05) is 6.92 Å². The molecule has 2 unspecified atom stereocenters. The lowest BCUT2D eigenvalue weighted by Gasteiger charge is -2.18. The lowest BCUT2D eigenvalue weighted by atomic mass is 10.2. The molecule has 0 spiro atoms. The number of methoxy groups -OCH3 is 1. The van der Waals surface area contributed by atoms with Crippen LogP contribution in [0.1, 0.15) is 33.1 Å². The van der Waals surface area contributed by atoms with E-state index >= 15 is 0 Å². The van der Waals surface area contributed by atoms with E-state index in [0.29, 0.717) is 12.6 Å². The van der Waals surface area contributed by atoms with Gasteiger partial charge in [-0.2, -0.15) is 0 Å². The van der Waals surface area contributed by atoms with Crippen LogP contribution in [0.4, 0.5) is 4.79 Å². The molecule has 1 amide bonds. The number of amides is 1. The third-order valence-corrected chi connectivity index (χ3v) is 2.86.